The van der Waals surface area contributed by atoms with Gasteiger partial charge in [-0.25, -0.2) is 0 Å². The smallest absolute Gasteiger partial charge is 0.550 e. The maximum atomic E-state index is 15.1. The van der Waals surface area contributed by atoms with Crippen LogP contribution in [0.4, 0.5) is 11.4 Å². The van der Waals surface area contributed by atoms with E-state index in [0.717, 1.165) is 38.5 Å². The fourth-order valence-corrected chi connectivity index (χ4v) is 19.2. The Morgan fingerprint density at radius 2 is 0.985 bits per heavy atom. The van der Waals surface area contributed by atoms with Crippen LogP contribution in [-0.2, 0) is 28.8 Å². The van der Waals surface area contributed by atoms with Crippen LogP contribution in [0.3, 0.4) is 0 Å². The Kier molecular flexibility index (Phi) is 10.2. The second-order valence-corrected chi connectivity index (χ2v) is 24.5. The van der Waals surface area contributed by atoms with E-state index in [1.54, 1.807) is 24.3 Å². The number of benzene rings is 1. The first-order valence-corrected chi connectivity index (χ1v) is 24.9. The van der Waals surface area contributed by atoms with Crippen LogP contribution in [0, 0.1) is 104 Å². The summed E-state index contributed by atoms with van der Waals surface area (Å²) in [5, 5.41) is 23.3. The predicted molar refractivity (Wildman–Crippen MR) is 238 cm³/mol. The van der Waals surface area contributed by atoms with E-state index in [0.29, 0.717) is 49.9 Å². The van der Waals surface area contributed by atoms with E-state index in [4.69, 9.17) is 0 Å². The molecule has 12 aliphatic rings. The van der Waals surface area contributed by atoms with Crippen molar-refractivity contribution in [2.24, 2.45) is 104 Å². The van der Waals surface area contributed by atoms with Crippen LogP contribution in [0.5, 0.6) is 0 Å². The van der Waals surface area contributed by atoms with E-state index in [9.17, 15) is 29.4 Å². The Labute approximate surface area is 406 Å². The van der Waals surface area contributed by atoms with Gasteiger partial charge < -0.3 is 15.0 Å². The first-order chi connectivity index (χ1) is 30.1. The minimum atomic E-state index is -0.978. The molecule has 16 atom stereocenters. The Morgan fingerprint density at radius 1 is 0.600 bits per heavy atom. The third kappa shape index (κ3) is 5.45. The van der Waals surface area contributed by atoms with Crippen LogP contribution < -0.4 is 44.5 Å². The van der Waals surface area contributed by atoms with Gasteiger partial charge in [0.15, 0.2) is 0 Å². The Balaban J connectivity index is 0.00000498. The van der Waals surface area contributed by atoms with Gasteiger partial charge in [-0.05, 0) is 154 Å². The Bertz CT molecular complexity index is 2230. The Morgan fingerprint density at radius 3 is 1.35 bits per heavy atom. The molecule has 4 bridgehead atoms. The third-order valence-electron chi connectivity index (χ3n) is 21.7. The van der Waals surface area contributed by atoms with Gasteiger partial charge in [-0.15, -0.1) is 0 Å². The number of fused-ring (bicyclic) bond motifs is 2. The molecule has 2 spiro atoms. The average molecular weight is 895 g/mol. The number of allylic oxidation sites excluding steroid dienone is 4. The monoisotopic (exact) mass is 894 g/mol. The molecular formula is C54H67N2NaO8. The van der Waals surface area contributed by atoms with Gasteiger partial charge in [0.05, 0.1) is 40.5 Å². The van der Waals surface area contributed by atoms with Crippen LogP contribution in [0.2, 0.25) is 0 Å². The number of hydrogen-bond donors (Lipinski definition) is 1. The molecule has 2 heterocycles. The van der Waals surface area contributed by atoms with Gasteiger partial charge >= 0.3 is 35.5 Å². The van der Waals surface area contributed by atoms with Gasteiger partial charge in [0.2, 0.25) is 23.6 Å². The molecule has 13 rings (SSSR count). The Hall–Kier alpha value is -3.08. The van der Waals surface area contributed by atoms with E-state index < -0.39 is 57.3 Å². The van der Waals surface area contributed by atoms with Crippen molar-refractivity contribution in [1.29, 1.82) is 0 Å². The summed E-state index contributed by atoms with van der Waals surface area (Å²) < 4.78 is 0. The molecule has 65 heavy (non-hydrogen) atoms. The minimum absolute atomic E-state index is 0. The molecule has 10 nitrogen and oxygen atoms in total. The van der Waals surface area contributed by atoms with Crippen molar-refractivity contribution in [2.75, 3.05) is 9.80 Å². The number of carboxylic acids is 2. The summed E-state index contributed by atoms with van der Waals surface area (Å²) in [5.74, 6) is -4.22. The zero-order valence-electron chi connectivity index (χ0n) is 40.1. The van der Waals surface area contributed by atoms with Gasteiger partial charge in [-0.2, -0.15) is 0 Å². The number of nitrogens with zero attached hydrogens (tertiary/aromatic N) is 2. The van der Waals surface area contributed by atoms with Gasteiger partial charge in [-0.1, -0.05) is 84.6 Å². The second kappa shape index (κ2) is 14.5. The van der Waals surface area contributed by atoms with Crippen molar-refractivity contribution in [1.82, 2.24) is 0 Å². The number of hydrogen-bond acceptors (Lipinski definition) is 7. The zero-order valence-corrected chi connectivity index (χ0v) is 42.1. The summed E-state index contributed by atoms with van der Waals surface area (Å²) in [6.45, 7) is 17.0. The molecule has 2 saturated heterocycles. The molecule has 4 amide bonds. The van der Waals surface area contributed by atoms with E-state index in [2.05, 4.69) is 53.7 Å². The normalized spacial score (nSPS) is 46.7. The van der Waals surface area contributed by atoms with Crippen molar-refractivity contribution in [3.05, 3.63) is 47.6 Å². The quantitative estimate of drug-likeness (QED) is 0.227. The molecule has 1 aromatic carbocycles. The molecule has 1 aromatic rings. The summed E-state index contributed by atoms with van der Waals surface area (Å²) in [6, 6.07) is 6.94. The number of anilines is 2. The van der Waals surface area contributed by atoms with Crippen LogP contribution in [0.15, 0.2) is 47.6 Å². The number of carboxylic acid groups (broad SMARTS) is 2. The standard InChI is InChI=1S/C54H68N2O8.Na/c1-27(2)33-25-53-21-15-35-49(5,17-9-19-51(35,7)47(61)62)37(53)23-31(33)39-41(53)45(59)55(43(39)57)29-11-13-30(14-12-29)56-44(58)40-32-24-38-50(6)18-10-20-52(8,48(63)64)36(50)16-22-54(38,42(40)46(56)60)26-34(32)28(3)4;/h11-14,25-28,31-32,35-42H,9-10,15-24H2,1-8H3,(H,61,62)(H,63,64);/q;+1/p-1. The van der Waals surface area contributed by atoms with Gasteiger partial charge in [-0.3, -0.25) is 33.8 Å². The molecule has 342 valence electrons. The summed E-state index contributed by atoms with van der Waals surface area (Å²) in [7, 11) is 0. The number of rotatable bonds is 6. The second-order valence-electron chi connectivity index (χ2n) is 24.5. The third-order valence-corrected chi connectivity index (χ3v) is 21.7. The van der Waals surface area contributed by atoms with Gasteiger partial charge in [0.1, 0.15) is 0 Å². The van der Waals surface area contributed by atoms with E-state index in [-0.39, 0.29) is 111 Å². The van der Waals surface area contributed by atoms with E-state index in [1.807, 2.05) is 13.8 Å². The van der Waals surface area contributed by atoms with Crippen molar-refractivity contribution < 1.29 is 68.5 Å². The molecule has 8 fully saturated rings. The van der Waals surface area contributed by atoms with E-state index in [1.165, 1.54) is 20.9 Å². The fraction of sp³-hybridized carbons (Fsp3) is 0.704. The first kappa shape index (κ1) is 45.7. The van der Waals surface area contributed by atoms with Crippen LogP contribution in [-0.4, -0.2) is 40.7 Å². The van der Waals surface area contributed by atoms with Crippen LogP contribution in [0.1, 0.15) is 132 Å². The van der Waals surface area contributed by atoms with Crippen molar-refractivity contribution in [3.8, 4) is 0 Å². The van der Waals surface area contributed by atoms with Gasteiger partial charge in [0, 0.05) is 22.2 Å². The summed E-state index contributed by atoms with van der Waals surface area (Å²) >= 11 is 0. The van der Waals surface area contributed by atoms with Crippen LogP contribution in [0.25, 0.3) is 0 Å². The number of amides is 4. The predicted octanol–water partition coefficient (Wildman–Crippen LogP) is 5.39. The molecule has 1 N–H and O–H groups in total. The summed E-state index contributed by atoms with van der Waals surface area (Å²) in [4.78, 5) is 88.4. The molecule has 16 unspecified atom stereocenters. The topological polar surface area (TPSA) is 152 Å². The van der Waals surface area contributed by atoms with Crippen molar-refractivity contribution >= 4 is 46.9 Å². The van der Waals surface area contributed by atoms with Crippen molar-refractivity contribution in [2.45, 2.75) is 132 Å². The summed E-state index contributed by atoms with van der Waals surface area (Å²) in [6.07, 6.45) is 13.8. The molecule has 0 aromatic heterocycles. The molecular weight excluding hydrogens is 828 g/mol. The molecule has 2 aliphatic heterocycles. The average Bonchev–Trinajstić information content (AvgIpc) is 3.69. The SMILES string of the molecule is CC(C)C1=CC23CCC4C(C)(C(=O)[O-])CCCC4(C)C2CC1C1C(=O)N(c2ccc(N4C(=O)C5C6CC7C8(C)CCCC(C)(C(=O)O)C8CCC7(C=C6C(C)C)C5C4=O)cc2)C(=O)C13.[Na+]. The number of aliphatic carboxylic acids is 2. The molecule has 6 saturated carbocycles. The molecule has 10 aliphatic carbocycles. The fourth-order valence-electron chi connectivity index (χ4n) is 19.2. The van der Waals surface area contributed by atoms with Crippen LogP contribution >= 0.6 is 0 Å². The molecule has 11 heteroatoms. The van der Waals surface area contributed by atoms with Crippen molar-refractivity contribution in [3.63, 3.8) is 0 Å². The largest absolute Gasteiger partial charge is 1.00 e. The first-order valence-electron chi connectivity index (χ1n) is 24.9. The van der Waals surface area contributed by atoms with E-state index >= 15 is 9.59 Å². The number of imide groups is 2. The zero-order chi connectivity index (χ0) is 45.6. The number of carbonyl (C=O) groups excluding carboxylic acids is 5. The minimum Gasteiger partial charge on any atom is -0.550 e. The van der Waals surface area contributed by atoms with Gasteiger partial charge in [0.25, 0.3) is 0 Å². The maximum absolute atomic E-state index is 15.1. The maximum Gasteiger partial charge on any atom is 1.00 e. The molecule has 0 radical (unpaired) electrons. The number of carbonyl (C=O) groups is 6. The summed E-state index contributed by atoms with van der Waals surface area (Å²) in [5.41, 5.74) is -0.0386.